The molecule has 0 bridgehead atoms. The second-order valence-corrected chi connectivity index (χ2v) is 9.09. The first-order valence-corrected chi connectivity index (χ1v) is 11.6. The van der Waals surface area contributed by atoms with E-state index in [1.165, 1.54) is 11.3 Å². The maximum atomic E-state index is 12.5. The van der Waals surface area contributed by atoms with Crippen LogP contribution < -0.4 is 14.8 Å². The molecule has 0 atom stereocenters. The average molecular weight is 441 g/mol. The summed E-state index contributed by atoms with van der Waals surface area (Å²) < 4.78 is 33.1. The van der Waals surface area contributed by atoms with Gasteiger partial charge in [0.05, 0.1) is 17.0 Å². The minimum Gasteiger partial charge on any atom is -0.494 e. The molecule has 2 heterocycles. The molecule has 0 saturated heterocycles. The van der Waals surface area contributed by atoms with E-state index in [-0.39, 0.29) is 4.90 Å². The SMILES string of the molecule is CCOc1ccc2nc(C)cc(Nc3ccc(S(=O)(=O)Nc4nccs4)cc3)c2c1. The third-order valence-corrected chi connectivity index (χ3v) is 6.49. The Bertz CT molecular complexity index is 1270. The minimum atomic E-state index is -3.68. The van der Waals surface area contributed by atoms with Crippen molar-refractivity contribution in [3.05, 3.63) is 65.8 Å². The Labute approximate surface area is 178 Å². The number of thiazole rings is 1. The molecule has 0 fully saturated rings. The summed E-state index contributed by atoms with van der Waals surface area (Å²) in [6.07, 6.45) is 1.55. The van der Waals surface area contributed by atoms with Crippen molar-refractivity contribution in [1.29, 1.82) is 0 Å². The first-order chi connectivity index (χ1) is 14.4. The zero-order valence-corrected chi connectivity index (χ0v) is 18.0. The quantitative estimate of drug-likeness (QED) is 0.423. The van der Waals surface area contributed by atoms with Crippen LogP contribution in [0.3, 0.4) is 0 Å². The number of ether oxygens (including phenoxy) is 1. The highest BCUT2D eigenvalue weighted by Gasteiger charge is 2.15. The molecule has 0 aliphatic heterocycles. The second kappa shape index (κ2) is 8.29. The predicted octanol–water partition coefficient (Wildman–Crippen LogP) is 4.94. The van der Waals surface area contributed by atoms with Gasteiger partial charge < -0.3 is 10.1 Å². The molecule has 0 spiro atoms. The third kappa shape index (κ3) is 4.37. The van der Waals surface area contributed by atoms with Crippen LogP contribution in [-0.2, 0) is 10.0 Å². The Hall–Kier alpha value is -3.17. The molecule has 7 nitrogen and oxygen atoms in total. The first kappa shape index (κ1) is 20.1. The Balaban J connectivity index is 1.61. The van der Waals surface area contributed by atoms with Crippen LogP contribution in [0, 0.1) is 6.92 Å². The van der Waals surface area contributed by atoms with Crippen LogP contribution in [0.2, 0.25) is 0 Å². The Kier molecular flexibility index (Phi) is 5.56. The molecule has 30 heavy (non-hydrogen) atoms. The van der Waals surface area contributed by atoms with Gasteiger partial charge in [0.1, 0.15) is 5.75 Å². The lowest BCUT2D eigenvalue weighted by molar-refractivity contribution is 0.340. The van der Waals surface area contributed by atoms with Crippen molar-refractivity contribution < 1.29 is 13.2 Å². The van der Waals surface area contributed by atoms with Crippen LogP contribution in [-0.4, -0.2) is 25.0 Å². The van der Waals surface area contributed by atoms with Gasteiger partial charge in [-0.1, -0.05) is 0 Å². The van der Waals surface area contributed by atoms with Crippen molar-refractivity contribution in [2.75, 3.05) is 16.6 Å². The second-order valence-electron chi connectivity index (χ2n) is 6.52. The topological polar surface area (TPSA) is 93.2 Å². The number of hydrogen-bond acceptors (Lipinski definition) is 7. The zero-order valence-electron chi connectivity index (χ0n) is 16.4. The average Bonchev–Trinajstić information content (AvgIpc) is 3.21. The molecule has 0 saturated carbocycles. The number of benzene rings is 2. The lowest BCUT2D eigenvalue weighted by Gasteiger charge is -2.13. The van der Waals surface area contributed by atoms with E-state index in [0.717, 1.165) is 33.7 Å². The van der Waals surface area contributed by atoms with Crippen LogP contribution in [0.25, 0.3) is 10.9 Å². The predicted molar refractivity (Wildman–Crippen MR) is 120 cm³/mol. The Morgan fingerprint density at radius 1 is 1.10 bits per heavy atom. The van der Waals surface area contributed by atoms with E-state index < -0.39 is 10.0 Å². The maximum Gasteiger partial charge on any atom is 0.263 e. The van der Waals surface area contributed by atoms with Crippen LogP contribution >= 0.6 is 11.3 Å². The zero-order chi connectivity index (χ0) is 21.1. The minimum absolute atomic E-state index is 0.164. The van der Waals surface area contributed by atoms with Crippen LogP contribution in [0.4, 0.5) is 16.5 Å². The van der Waals surface area contributed by atoms with Crippen molar-refractivity contribution >= 4 is 48.8 Å². The molecule has 9 heteroatoms. The van der Waals surface area contributed by atoms with Gasteiger partial charge in [-0.2, -0.15) is 0 Å². The molecule has 2 aromatic heterocycles. The van der Waals surface area contributed by atoms with Crippen molar-refractivity contribution in [3.8, 4) is 5.75 Å². The fourth-order valence-corrected chi connectivity index (χ4v) is 4.81. The van der Waals surface area contributed by atoms with Gasteiger partial charge in [-0.3, -0.25) is 9.71 Å². The Morgan fingerprint density at radius 3 is 2.60 bits per heavy atom. The first-order valence-electron chi connectivity index (χ1n) is 9.28. The molecule has 0 unspecified atom stereocenters. The smallest absolute Gasteiger partial charge is 0.263 e. The number of hydrogen-bond donors (Lipinski definition) is 2. The summed E-state index contributed by atoms with van der Waals surface area (Å²) in [5.41, 5.74) is 3.36. The normalized spacial score (nSPS) is 11.4. The Morgan fingerprint density at radius 2 is 1.90 bits per heavy atom. The van der Waals surface area contributed by atoms with Crippen LogP contribution in [0.15, 0.2) is 65.0 Å². The molecule has 0 radical (unpaired) electrons. The summed E-state index contributed by atoms with van der Waals surface area (Å²) >= 11 is 1.23. The van der Waals surface area contributed by atoms with Crippen molar-refractivity contribution in [2.24, 2.45) is 0 Å². The van der Waals surface area contributed by atoms with E-state index in [9.17, 15) is 8.42 Å². The highest BCUT2D eigenvalue weighted by atomic mass is 32.2. The molecule has 4 rings (SSSR count). The monoisotopic (exact) mass is 440 g/mol. The van der Waals surface area contributed by atoms with Gasteiger partial charge >= 0.3 is 0 Å². The lowest BCUT2D eigenvalue weighted by atomic mass is 10.1. The molecular formula is C21H20N4O3S2. The molecule has 0 amide bonds. The van der Waals surface area contributed by atoms with Gasteiger partial charge in [-0.25, -0.2) is 13.4 Å². The number of nitrogens with one attached hydrogen (secondary N) is 2. The van der Waals surface area contributed by atoms with Gasteiger partial charge in [0.25, 0.3) is 10.0 Å². The number of sulfonamides is 1. The number of fused-ring (bicyclic) bond motifs is 1. The van der Waals surface area contributed by atoms with Gasteiger partial charge in [0.15, 0.2) is 5.13 Å². The van der Waals surface area contributed by atoms with E-state index in [0.29, 0.717) is 11.7 Å². The highest BCUT2D eigenvalue weighted by Crippen LogP contribution is 2.30. The number of anilines is 3. The molecular weight excluding hydrogens is 420 g/mol. The van der Waals surface area contributed by atoms with Gasteiger partial charge in [0, 0.05) is 34.0 Å². The number of nitrogens with zero attached hydrogens (tertiary/aromatic N) is 2. The fraction of sp³-hybridized carbons (Fsp3) is 0.143. The van der Waals surface area contributed by atoms with Crippen molar-refractivity contribution in [2.45, 2.75) is 18.7 Å². The molecule has 2 N–H and O–H groups in total. The van der Waals surface area contributed by atoms with Gasteiger partial charge in [0.2, 0.25) is 0 Å². The van der Waals surface area contributed by atoms with Crippen molar-refractivity contribution in [1.82, 2.24) is 9.97 Å². The molecule has 4 aromatic rings. The number of aromatic nitrogens is 2. The van der Waals surface area contributed by atoms with E-state index >= 15 is 0 Å². The summed E-state index contributed by atoms with van der Waals surface area (Å²) in [7, 11) is -3.68. The standard InChI is InChI=1S/C21H20N4O3S2/c1-3-28-16-6-9-19-18(13-16)20(12-14(2)23-19)24-15-4-7-17(8-5-15)30(26,27)25-21-22-10-11-29-21/h4-13H,3H2,1-2H3,(H,22,25)(H,23,24). The number of pyridine rings is 1. The largest absolute Gasteiger partial charge is 0.494 e. The summed E-state index contributed by atoms with van der Waals surface area (Å²) in [6, 6.07) is 14.3. The third-order valence-electron chi connectivity index (χ3n) is 4.32. The summed E-state index contributed by atoms with van der Waals surface area (Å²) in [6.45, 7) is 4.45. The molecule has 154 valence electrons. The van der Waals surface area contributed by atoms with E-state index in [1.807, 2.05) is 38.1 Å². The van der Waals surface area contributed by atoms with Crippen molar-refractivity contribution in [3.63, 3.8) is 0 Å². The lowest BCUT2D eigenvalue weighted by Crippen LogP contribution is -2.12. The summed E-state index contributed by atoms with van der Waals surface area (Å²) in [5.74, 6) is 0.772. The fourth-order valence-electron chi connectivity index (χ4n) is 3.02. The van der Waals surface area contributed by atoms with E-state index in [1.54, 1.807) is 35.8 Å². The highest BCUT2D eigenvalue weighted by molar-refractivity contribution is 7.93. The van der Waals surface area contributed by atoms with E-state index in [2.05, 4.69) is 20.0 Å². The molecule has 0 aliphatic rings. The maximum absolute atomic E-state index is 12.5. The summed E-state index contributed by atoms with van der Waals surface area (Å²) in [5, 5.41) is 6.33. The van der Waals surface area contributed by atoms with E-state index in [4.69, 9.17) is 4.74 Å². The van der Waals surface area contributed by atoms with Crippen LogP contribution in [0.5, 0.6) is 5.75 Å². The molecule has 0 aliphatic carbocycles. The number of rotatable bonds is 7. The van der Waals surface area contributed by atoms with Crippen LogP contribution in [0.1, 0.15) is 12.6 Å². The summed E-state index contributed by atoms with van der Waals surface area (Å²) in [4.78, 5) is 8.69. The van der Waals surface area contributed by atoms with Gasteiger partial charge in [-0.05, 0) is 62.4 Å². The number of aryl methyl sites for hydroxylation is 1. The molecule has 2 aromatic carbocycles. The van der Waals surface area contributed by atoms with Gasteiger partial charge in [-0.15, -0.1) is 11.3 Å².